The van der Waals surface area contributed by atoms with E-state index in [1.54, 1.807) is 0 Å². The van der Waals surface area contributed by atoms with Gasteiger partial charge in [0.05, 0.1) is 13.2 Å². The molecule has 0 aromatic heterocycles. The molecule has 0 aliphatic carbocycles. The maximum absolute atomic E-state index is 10.2. The van der Waals surface area contributed by atoms with Gasteiger partial charge in [0.15, 0.2) is 6.29 Å². The number of thiol groups is 1. The van der Waals surface area contributed by atoms with E-state index in [1.165, 1.54) is 0 Å². The van der Waals surface area contributed by atoms with Crippen LogP contribution in [-0.4, -0.2) is 103 Å². The Morgan fingerprint density at radius 3 is 1.91 bits per heavy atom. The fourth-order valence-electron chi connectivity index (χ4n) is 1.06. The SMILES string of the molecule is O=C(O)CN[C@H](CS)C(=O)O.O=C[C@H](O)[C@@H](O)[C@H](O)[C@H](O)CO. The van der Waals surface area contributed by atoms with Crippen LogP contribution in [-0.2, 0) is 14.4 Å². The molecule has 0 bridgehead atoms. The lowest BCUT2D eigenvalue weighted by molar-refractivity contribution is -0.140. The first-order valence-corrected chi connectivity index (χ1v) is 6.82. The summed E-state index contributed by atoms with van der Waals surface area (Å²) < 4.78 is 0. The normalized spacial score (nSPS) is 17.0. The molecule has 0 heterocycles. The number of aliphatic hydroxyl groups is 5. The fourth-order valence-corrected chi connectivity index (χ4v) is 1.34. The highest BCUT2D eigenvalue weighted by Crippen LogP contribution is 2.02. The summed E-state index contributed by atoms with van der Waals surface area (Å²) >= 11 is 3.72. The maximum Gasteiger partial charge on any atom is 0.321 e. The summed E-state index contributed by atoms with van der Waals surface area (Å²) in [5.74, 6) is -2.11. The molecular weight excluding hydrogens is 338 g/mol. The van der Waals surface area contributed by atoms with Crippen LogP contribution in [0, 0.1) is 0 Å². The molecule has 0 aromatic carbocycles. The third-order valence-electron chi connectivity index (χ3n) is 2.40. The van der Waals surface area contributed by atoms with Crippen LogP contribution in [0.1, 0.15) is 0 Å². The van der Waals surface area contributed by atoms with E-state index in [0.717, 1.165) is 0 Å². The Balaban J connectivity index is 0. The average Bonchev–Trinajstić information content (AvgIpc) is 2.52. The molecule has 0 rings (SSSR count). The molecule has 0 radical (unpaired) electrons. The lowest BCUT2D eigenvalue weighted by Gasteiger charge is -2.22. The molecule has 0 saturated carbocycles. The molecule has 23 heavy (non-hydrogen) atoms. The van der Waals surface area contributed by atoms with Crippen molar-refractivity contribution in [3.8, 4) is 0 Å². The number of carboxylic acid groups (broad SMARTS) is 2. The third-order valence-corrected chi connectivity index (χ3v) is 2.77. The first-order valence-electron chi connectivity index (χ1n) is 6.19. The summed E-state index contributed by atoms with van der Waals surface area (Å²) in [5, 5.41) is 62.4. The quantitative estimate of drug-likeness (QED) is 0.135. The van der Waals surface area contributed by atoms with Crippen molar-refractivity contribution in [2.75, 3.05) is 18.9 Å². The zero-order valence-electron chi connectivity index (χ0n) is 11.9. The minimum atomic E-state index is -1.79. The van der Waals surface area contributed by atoms with Gasteiger partial charge in [0.2, 0.25) is 0 Å². The minimum absolute atomic E-state index is 0.0258. The summed E-state index contributed by atoms with van der Waals surface area (Å²) in [6.07, 6.45) is -6.84. The Morgan fingerprint density at radius 1 is 1.09 bits per heavy atom. The Kier molecular flexibility index (Phi) is 13.7. The standard InChI is InChI=1S/C6H12O6.C5H9NO4S/c7-1-3(9)5(11)6(12)4(10)2-8;7-4(8)1-6-3(2-11)5(9)10/h1,3-6,8-12H,2H2;3,6,11H,1-2H2,(H,7,8)(H,9,10)/t3-,4+,5+,6+;3-/m01/s1. The van der Waals surface area contributed by atoms with Crippen LogP contribution >= 0.6 is 12.6 Å². The average molecular weight is 359 g/mol. The molecule has 0 aliphatic rings. The van der Waals surface area contributed by atoms with Gasteiger partial charge in [0.25, 0.3) is 0 Å². The largest absolute Gasteiger partial charge is 0.480 e. The van der Waals surface area contributed by atoms with Crippen LogP contribution in [0.25, 0.3) is 0 Å². The summed E-state index contributed by atoms with van der Waals surface area (Å²) in [4.78, 5) is 30.1. The monoisotopic (exact) mass is 359 g/mol. The Bertz CT molecular complexity index is 369. The smallest absolute Gasteiger partial charge is 0.321 e. The molecule has 5 atom stereocenters. The lowest BCUT2D eigenvalue weighted by Crippen LogP contribution is -2.46. The van der Waals surface area contributed by atoms with Crippen LogP contribution in [0.15, 0.2) is 0 Å². The van der Waals surface area contributed by atoms with Crippen LogP contribution in [0.2, 0.25) is 0 Å². The van der Waals surface area contributed by atoms with E-state index >= 15 is 0 Å². The molecule has 0 unspecified atom stereocenters. The number of hydrogen-bond acceptors (Lipinski definition) is 10. The van der Waals surface area contributed by atoms with E-state index in [1.807, 2.05) is 0 Å². The van der Waals surface area contributed by atoms with Crippen LogP contribution in [0.5, 0.6) is 0 Å². The summed E-state index contributed by atoms with van der Waals surface area (Å²) in [6, 6.07) is -0.894. The van der Waals surface area contributed by atoms with Crippen molar-refractivity contribution in [1.82, 2.24) is 5.32 Å². The topological polar surface area (TPSA) is 205 Å². The number of aldehydes is 1. The number of hydrogen-bond donors (Lipinski definition) is 9. The molecule has 0 saturated heterocycles. The van der Waals surface area contributed by atoms with Crippen molar-refractivity contribution < 1.29 is 50.1 Å². The lowest BCUT2D eigenvalue weighted by atomic mass is 10.0. The second-order valence-electron chi connectivity index (χ2n) is 4.21. The number of aliphatic carboxylic acids is 2. The predicted octanol–water partition coefficient (Wildman–Crippen LogP) is -4.34. The van der Waals surface area contributed by atoms with Gasteiger partial charge in [-0.15, -0.1) is 0 Å². The van der Waals surface area contributed by atoms with Gasteiger partial charge in [0.1, 0.15) is 30.5 Å². The van der Waals surface area contributed by atoms with E-state index in [2.05, 4.69) is 17.9 Å². The van der Waals surface area contributed by atoms with E-state index in [-0.39, 0.29) is 18.6 Å². The maximum atomic E-state index is 10.2. The Morgan fingerprint density at radius 2 is 1.61 bits per heavy atom. The second-order valence-corrected chi connectivity index (χ2v) is 4.57. The number of carbonyl (C=O) groups excluding carboxylic acids is 1. The minimum Gasteiger partial charge on any atom is -0.480 e. The molecule has 0 amide bonds. The molecule has 0 aromatic rings. The number of aliphatic hydroxyl groups excluding tert-OH is 5. The first-order chi connectivity index (χ1) is 10.6. The van der Waals surface area contributed by atoms with Crippen molar-refractivity contribution in [3.63, 3.8) is 0 Å². The number of rotatable bonds is 10. The summed E-state index contributed by atoms with van der Waals surface area (Å²) in [7, 11) is 0. The number of nitrogens with one attached hydrogen (secondary N) is 1. The van der Waals surface area contributed by atoms with Gasteiger partial charge < -0.3 is 40.5 Å². The third kappa shape index (κ3) is 11.0. The molecule has 8 N–H and O–H groups in total. The van der Waals surface area contributed by atoms with Crippen molar-refractivity contribution in [1.29, 1.82) is 0 Å². The molecule has 0 fully saturated rings. The zero-order valence-corrected chi connectivity index (χ0v) is 12.8. The molecule has 12 heteroatoms. The fraction of sp³-hybridized carbons (Fsp3) is 0.727. The molecule has 136 valence electrons. The predicted molar refractivity (Wildman–Crippen MR) is 78.1 cm³/mol. The van der Waals surface area contributed by atoms with Crippen LogP contribution in [0.4, 0.5) is 0 Å². The second kappa shape index (κ2) is 13.2. The molecule has 0 spiro atoms. The summed E-state index contributed by atoms with van der Waals surface area (Å²) in [5.41, 5.74) is 0. The van der Waals surface area contributed by atoms with E-state index < -0.39 is 49.0 Å². The van der Waals surface area contributed by atoms with E-state index in [4.69, 9.17) is 35.7 Å². The number of carboxylic acids is 2. The summed E-state index contributed by atoms with van der Waals surface area (Å²) in [6.45, 7) is -1.12. The van der Waals surface area contributed by atoms with Gasteiger partial charge in [-0.2, -0.15) is 12.6 Å². The van der Waals surface area contributed by atoms with Crippen molar-refractivity contribution in [2.45, 2.75) is 30.5 Å². The van der Waals surface area contributed by atoms with Crippen LogP contribution in [0.3, 0.4) is 0 Å². The van der Waals surface area contributed by atoms with Gasteiger partial charge in [0, 0.05) is 5.75 Å². The molecular formula is C11H21NO10S. The van der Waals surface area contributed by atoms with Crippen molar-refractivity contribution in [3.05, 3.63) is 0 Å². The van der Waals surface area contributed by atoms with Crippen LogP contribution < -0.4 is 5.32 Å². The highest BCUT2D eigenvalue weighted by molar-refractivity contribution is 7.80. The van der Waals surface area contributed by atoms with Crippen molar-refractivity contribution in [2.24, 2.45) is 0 Å². The van der Waals surface area contributed by atoms with Gasteiger partial charge in [-0.1, -0.05) is 0 Å². The highest BCUT2D eigenvalue weighted by Gasteiger charge is 2.29. The van der Waals surface area contributed by atoms with Gasteiger partial charge in [-0.25, -0.2) is 0 Å². The number of carbonyl (C=O) groups is 3. The van der Waals surface area contributed by atoms with Gasteiger partial charge in [-0.05, 0) is 0 Å². The first kappa shape index (κ1) is 24.0. The Labute approximate surface area is 136 Å². The van der Waals surface area contributed by atoms with Gasteiger partial charge in [-0.3, -0.25) is 14.9 Å². The van der Waals surface area contributed by atoms with Crippen molar-refractivity contribution >= 4 is 30.9 Å². The van der Waals surface area contributed by atoms with E-state index in [0.29, 0.717) is 0 Å². The zero-order chi connectivity index (χ0) is 18.6. The van der Waals surface area contributed by atoms with Gasteiger partial charge >= 0.3 is 11.9 Å². The highest BCUT2D eigenvalue weighted by atomic mass is 32.1. The molecule has 11 nitrogen and oxygen atoms in total. The van der Waals surface area contributed by atoms with E-state index in [9.17, 15) is 14.4 Å². The Hall–Kier alpha value is -1.28. The molecule has 0 aliphatic heterocycles.